The minimum absolute atomic E-state index is 0.0828. The van der Waals surface area contributed by atoms with Crippen molar-refractivity contribution in [1.29, 1.82) is 0 Å². The largest absolute Gasteiger partial charge is 0.322 e. The fraction of sp³-hybridized carbons (Fsp3) is 0.350. The Balaban J connectivity index is 1.42. The Labute approximate surface area is 160 Å². The van der Waals surface area contributed by atoms with Crippen LogP contribution in [-0.2, 0) is 0 Å². The van der Waals surface area contributed by atoms with Crippen LogP contribution in [0.3, 0.4) is 0 Å². The number of halogens is 2. The molecule has 1 N–H and O–H groups in total. The number of hydrogen-bond acceptors (Lipinski definition) is 3. The van der Waals surface area contributed by atoms with Crippen molar-refractivity contribution in [1.82, 2.24) is 19.7 Å². The van der Waals surface area contributed by atoms with Gasteiger partial charge < -0.3 is 10.2 Å². The van der Waals surface area contributed by atoms with Crippen LogP contribution in [0.2, 0.25) is 0 Å². The van der Waals surface area contributed by atoms with Gasteiger partial charge in [0.05, 0.1) is 6.54 Å². The number of rotatable bonds is 3. The van der Waals surface area contributed by atoms with Crippen LogP contribution >= 0.6 is 0 Å². The van der Waals surface area contributed by atoms with Crippen LogP contribution in [0.5, 0.6) is 0 Å². The molecule has 3 aromatic rings. The third-order valence-electron chi connectivity index (χ3n) is 5.29. The molecule has 6 nitrogen and oxygen atoms in total. The molecule has 2 aromatic heterocycles. The van der Waals surface area contributed by atoms with E-state index in [0.29, 0.717) is 30.2 Å². The lowest BCUT2D eigenvalue weighted by molar-refractivity contribution is 0.218. The first-order valence-electron chi connectivity index (χ1n) is 9.42. The van der Waals surface area contributed by atoms with Gasteiger partial charge in [-0.3, -0.25) is 0 Å². The number of amides is 2. The van der Waals surface area contributed by atoms with Gasteiger partial charge in [-0.25, -0.2) is 23.2 Å². The average molecular weight is 383 g/mol. The Morgan fingerprint density at radius 1 is 1.21 bits per heavy atom. The number of alkyl halides is 1. The van der Waals surface area contributed by atoms with Crippen molar-refractivity contribution >= 4 is 22.8 Å². The molecular formula is C20H19F2N5O. The molecule has 8 heteroatoms. The van der Waals surface area contributed by atoms with E-state index in [1.807, 2.05) is 12.3 Å². The molecule has 1 aliphatic carbocycles. The average Bonchev–Trinajstić information content (AvgIpc) is 3.30. The van der Waals surface area contributed by atoms with Gasteiger partial charge in [-0.2, -0.15) is 0 Å². The zero-order chi connectivity index (χ0) is 19.3. The summed E-state index contributed by atoms with van der Waals surface area (Å²) in [6.07, 6.45) is 5.29. The fourth-order valence-corrected chi connectivity index (χ4v) is 3.57. The number of carbonyl (C=O) groups excluding carboxylic acids is 1. The lowest BCUT2D eigenvalue weighted by Gasteiger charge is -2.16. The quantitative estimate of drug-likeness (QED) is 0.743. The summed E-state index contributed by atoms with van der Waals surface area (Å²) in [7, 11) is 0. The maximum absolute atomic E-state index is 14.4. The highest BCUT2D eigenvalue weighted by atomic mass is 19.1. The van der Waals surface area contributed by atoms with E-state index in [2.05, 4.69) is 15.4 Å². The first-order valence-corrected chi connectivity index (χ1v) is 9.42. The molecule has 2 amide bonds. The zero-order valence-corrected chi connectivity index (χ0v) is 15.1. The predicted molar refractivity (Wildman–Crippen MR) is 101 cm³/mol. The number of pyridine rings is 1. The third kappa shape index (κ3) is 3.19. The monoisotopic (exact) mass is 383 g/mol. The van der Waals surface area contributed by atoms with Gasteiger partial charge in [0.2, 0.25) is 0 Å². The fourth-order valence-electron chi connectivity index (χ4n) is 3.57. The smallest absolute Gasteiger partial charge is 0.321 e. The highest BCUT2D eigenvalue weighted by molar-refractivity contribution is 5.90. The predicted octanol–water partition coefficient (Wildman–Crippen LogP) is 4.01. The number of hydrogen-bond donors (Lipinski definition) is 1. The Hall–Kier alpha value is -3.03. The Morgan fingerprint density at radius 2 is 2.07 bits per heavy atom. The maximum atomic E-state index is 14.4. The number of nitrogens with zero attached hydrogens (tertiary/aromatic N) is 4. The lowest BCUT2D eigenvalue weighted by atomic mass is 10.2. The second-order valence-corrected chi connectivity index (χ2v) is 7.46. The van der Waals surface area contributed by atoms with Crippen molar-refractivity contribution in [2.24, 2.45) is 0 Å². The summed E-state index contributed by atoms with van der Waals surface area (Å²) in [5.74, 6) is 0.114. The van der Waals surface area contributed by atoms with Gasteiger partial charge in [-0.15, -0.1) is 5.10 Å². The van der Waals surface area contributed by atoms with Crippen LogP contribution in [0, 0.1) is 5.82 Å². The molecule has 0 spiro atoms. The van der Waals surface area contributed by atoms with Crippen LogP contribution in [-0.4, -0.2) is 45.0 Å². The van der Waals surface area contributed by atoms with Crippen LogP contribution < -0.4 is 5.32 Å². The van der Waals surface area contributed by atoms with Crippen LogP contribution in [0.15, 0.2) is 36.7 Å². The molecule has 3 heterocycles. The number of urea groups is 1. The molecule has 0 radical (unpaired) electrons. The molecule has 1 aliphatic heterocycles. The summed E-state index contributed by atoms with van der Waals surface area (Å²) < 4.78 is 29.2. The summed E-state index contributed by atoms with van der Waals surface area (Å²) in [6.45, 7) is 0.458. The van der Waals surface area contributed by atoms with Crippen LogP contribution in [0.25, 0.3) is 16.7 Å². The van der Waals surface area contributed by atoms with Gasteiger partial charge in [-0.05, 0) is 55.0 Å². The second-order valence-electron chi connectivity index (χ2n) is 7.46. The summed E-state index contributed by atoms with van der Waals surface area (Å²) >= 11 is 0. The van der Waals surface area contributed by atoms with E-state index < -0.39 is 12.0 Å². The number of benzene rings is 1. The first kappa shape index (κ1) is 17.1. The second kappa shape index (κ2) is 6.54. The van der Waals surface area contributed by atoms with Gasteiger partial charge in [0, 0.05) is 30.0 Å². The zero-order valence-electron chi connectivity index (χ0n) is 15.1. The summed E-state index contributed by atoms with van der Waals surface area (Å²) in [6, 6.07) is 5.94. The van der Waals surface area contributed by atoms with Crippen molar-refractivity contribution in [3.63, 3.8) is 0 Å². The van der Waals surface area contributed by atoms with Gasteiger partial charge in [0.1, 0.15) is 17.7 Å². The SMILES string of the molecule is O=C(Nc1ccc(F)c(-n2cc3cc(C4CC4)cnc3n2)c1)N1CC[C@@H](F)C1. The summed E-state index contributed by atoms with van der Waals surface area (Å²) in [5.41, 5.74) is 2.37. The molecule has 1 aromatic carbocycles. The van der Waals surface area contributed by atoms with Crippen molar-refractivity contribution in [2.45, 2.75) is 31.4 Å². The van der Waals surface area contributed by atoms with E-state index in [0.717, 1.165) is 5.39 Å². The Kier molecular flexibility index (Phi) is 3.99. The highest BCUT2D eigenvalue weighted by Crippen LogP contribution is 2.40. The molecular weight excluding hydrogens is 364 g/mol. The van der Waals surface area contributed by atoms with Crippen molar-refractivity contribution in [2.75, 3.05) is 18.4 Å². The molecule has 28 heavy (non-hydrogen) atoms. The van der Waals surface area contributed by atoms with Gasteiger partial charge in [0.25, 0.3) is 0 Å². The van der Waals surface area contributed by atoms with Crippen LogP contribution in [0.4, 0.5) is 19.3 Å². The number of fused-ring (bicyclic) bond motifs is 1. The number of aromatic nitrogens is 3. The van der Waals surface area contributed by atoms with Crippen LogP contribution in [0.1, 0.15) is 30.7 Å². The van der Waals surface area contributed by atoms with E-state index in [-0.39, 0.29) is 18.3 Å². The molecule has 2 fully saturated rings. The van der Waals surface area contributed by atoms with E-state index in [1.165, 1.54) is 46.2 Å². The molecule has 2 aliphatic rings. The van der Waals surface area contributed by atoms with E-state index in [4.69, 9.17) is 0 Å². The van der Waals surface area contributed by atoms with Gasteiger partial charge in [0.15, 0.2) is 5.65 Å². The van der Waals surface area contributed by atoms with E-state index in [1.54, 1.807) is 6.20 Å². The molecule has 0 bridgehead atoms. The highest BCUT2D eigenvalue weighted by Gasteiger charge is 2.26. The standard InChI is InChI=1S/C20H19F2N5O/c21-15-5-6-26(11-15)20(28)24-16-3-4-17(22)18(8-16)27-10-14-7-13(12-1-2-12)9-23-19(14)25-27/h3-4,7-10,12,15H,1-2,5-6,11H2,(H,24,28)/t15-/m1/s1. The molecule has 5 rings (SSSR count). The molecule has 1 saturated heterocycles. The number of carbonyl (C=O) groups is 1. The minimum Gasteiger partial charge on any atom is -0.322 e. The number of likely N-dealkylation sites (tertiary alicyclic amines) is 1. The number of anilines is 1. The van der Waals surface area contributed by atoms with Crippen molar-refractivity contribution < 1.29 is 13.6 Å². The first-order chi connectivity index (χ1) is 13.6. The molecule has 1 saturated carbocycles. The minimum atomic E-state index is -0.987. The molecule has 1 atom stereocenters. The van der Waals surface area contributed by atoms with Crippen molar-refractivity contribution in [3.05, 3.63) is 48.0 Å². The normalized spacial score (nSPS) is 19.4. The lowest BCUT2D eigenvalue weighted by Crippen LogP contribution is -2.33. The molecule has 0 unspecified atom stereocenters. The van der Waals surface area contributed by atoms with Gasteiger partial charge in [-0.1, -0.05) is 0 Å². The Morgan fingerprint density at radius 3 is 2.82 bits per heavy atom. The summed E-state index contributed by atoms with van der Waals surface area (Å²) in [4.78, 5) is 18.1. The van der Waals surface area contributed by atoms with E-state index in [9.17, 15) is 13.6 Å². The molecule has 144 valence electrons. The van der Waals surface area contributed by atoms with E-state index >= 15 is 0 Å². The third-order valence-corrected chi connectivity index (χ3v) is 5.29. The Bertz CT molecular complexity index is 1060. The van der Waals surface area contributed by atoms with Gasteiger partial charge >= 0.3 is 6.03 Å². The summed E-state index contributed by atoms with van der Waals surface area (Å²) in [5, 5.41) is 7.92. The maximum Gasteiger partial charge on any atom is 0.321 e. The topological polar surface area (TPSA) is 63.1 Å². The number of nitrogens with one attached hydrogen (secondary N) is 1. The van der Waals surface area contributed by atoms with Crippen molar-refractivity contribution in [3.8, 4) is 5.69 Å².